The maximum Gasteiger partial charge on any atom is 0.348 e. The van der Waals surface area contributed by atoms with Crippen LogP contribution in [0.1, 0.15) is 33.3 Å². The van der Waals surface area contributed by atoms with Gasteiger partial charge in [0.15, 0.2) is 5.79 Å². The van der Waals surface area contributed by atoms with Crippen molar-refractivity contribution >= 4 is 23.5 Å². The highest BCUT2D eigenvalue weighted by Gasteiger charge is 2.38. The normalized spacial score (nSPS) is 20.7. The Morgan fingerprint density at radius 3 is 1.97 bits per heavy atom. The van der Waals surface area contributed by atoms with Crippen LogP contribution in [0.2, 0.25) is 0 Å². The number of rotatable bonds is 4. The molecule has 1 saturated heterocycles. The third-order valence-electron chi connectivity index (χ3n) is 4.20. The van der Waals surface area contributed by atoms with Gasteiger partial charge in [0.2, 0.25) is 0 Å². The molecular weight excluding hydrogens is 404 g/mol. The van der Waals surface area contributed by atoms with Gasteiger partial charge in [-0.3, -0.25) is 0 Å². The van der Waals surface area contributed by atoms with E-state index in [2.05, 4.69) is 0 Å². The van der Waals surface area contributed by atoms with Crippen molar-refractivity contribution in [3.63, 3.8) is 0 Å². The zero-order valence-electron chi connectivity index (χ0n) is 17.5. The van der Waals surface area contributed by atoms with Gasteiger partial charge in [0.05, 0.1) is 11.5 Å². The minimum absolute atomic E-state index is 0.285. The summed E-state index contributed by atoms with van der Waals surface area (Å²) in [5.74, 6) is -5.95. The molecule has 1 fully saturated rings. The van der Waals surface area contributed by atoms with E-state index in [0.717, 1.165) is 0 Å². The first-order valence-corrected chi connectivity index (χ1v) is 9.43. The second-order valence-corrected chi connectivity index (χ2v) is 7.67. The van der Waals surface area contributed by atoms with Gasteiger partial charge in [0.25, 0.3) is 5.79 Å². The van der Waals surface area contributed by atoms with Crippen LogP contribution in [0.25, 0.3) is 5.57 Å². The van der Waals surface area contributed by atoms with Gasteiger partial charge in [0, 0.05) is 13.8 Å². The van der Waals surface area contributed by atoms with Crippen LogP contribution in [0, 0.1) is 0 Å². The molecule has 2 heterocycles. The lowest BCUT2D eigenvalue weighted by molar-refractivity contribution is -0.393. The van der Waals surface area contributed by atoms with Crippen LogP contribution in [-0.2, 0) is 33.3 Å². The molecule has 0 radical (unpaired) electrons. The van der Waals surface area contributed by atoms with Crippen molar-refractivity contribution < 1.29 is 38.4 Å². The topological polar surface area (TPSA) is 111 Å². The summed E-state index contributed by atoms with van der Waals surface area (Å²) in [6, 6.07) is 8.94. The zero-order valence-corrected chi connectivity index (χ0v) is 17.5. The van der Waals surface area contributed by atoms with E-state index in [4.69, 9.17) is 18.9 Å². The van der Waals surface area contributed by atoms with Crippen LogP contribution < -0.4 is 5.11 Å². The Morgan fingerprint density at radius 2 is 1.39 bits per heavy atom. The van der Waals surface area contributed by atoms with Crippen molar-refractivity contribution in [2.75, 3.05) is 0 Å². The van der Waals surface area contributed by atoms with Crippen LogP contribution in [0.4, 0.5) is 0 Å². The number of hydrogen-bond donors (Lipinski definition) is 0. The summed E-state index contributed by atoms with van der Waals surface area (Å²) < 4.78 is 20.3. The number of hydrogen-bond acceptors (Lipinski definition) is 8. The highest BCUT2D eigenvalue weighted by Crippen LogP contribution is 2.27. The predicted molar refractivity (Wildman–Crippen MR) is 106 cm³/mol. The van der Waals surface area contributed by atoms with Gasteiger partial charge in [-0.15, -0.1) is 0 Å². The summed E-state index contributed by atoms with van der Waals surface area (Å²) in [5.41, 5.74) is 0.627. The summed E-state index contributed by atoms with van der Waals surface area (Å²) in [7, 11) is 0. The highest BCUT2D eigenvalue weighted by molar-refractivity contribution is 6.15. The largest absolute Gasteiger partial charge is 0.575 e. The van der Waals surface area contributed by atoms with Crippen molar-refractivity contribution in [2.24, 2.45) is 0 Å². The lowest BCUT2D eigenvalue weighted by Gasteiger charge is -2.38. The molecule has 0 aromatic heterocycles. The summed E-state index contributed by atoms with van der Waals surface area (Å²) in [6.07, 6.45) is 5.48. The van der Waals surface area contributed by atoms with Gasteiger partial charge in [-0.1, -0.05) is 42.5 Å². The number of esters is 3. The molecule has 8 heteroatoms. The second-order valence-electron chi connectivity index (χ2n) is 7.67. The number of allylic oxidation sites excluding steroid dienone is 4. The standard InChI is InChI=1S/C23H22O8/c1-22(2)28-18(24)16(19(25)29-22)12-10-15(14-8-6-5-7-9-14)11-13-17-20(26)30-23(3,4)31-21(17)27/h5-13,24H,1-4H3/p-1/b12-10+,15-11-. The Labute approximate surface area is 179 Å². The maximum atomic E-state index is 12.2. The minimum atomic E-state index is -1.34. The van der Waals surface area contributed by atoms with Crippen molar-refractivity contribution in [3.05, 3.63) is 77.3 Å². The molecule has 2 aliphatic heterocycles. The molecule has 1 aromatic rings. The van der Waals surface area contributed by atoms with E-state index in [1.165, 1.54) is 52.0 Å². The molecule has 162 valence electrons. The Hall–Kier alpha value is -3.81. The molecular formula is C23H21O8-. The van der Waals surface area contributed by atoms with Gasteiger partial charge in [-0.25, -0.2) is 14.4 Å². The average molecular weight is 425 g/mol. The zero-order chi connectivity index (χ0) is 22.8. The average Bonchev–Trinajstić information content (AvgIpc) is 2.63. The molecule has 8 nitrogen and oxygen atoms in total. The Kier molecular flexibility index (Phi) is 5.75. The number of benzene rings is 1. The fourth-order valence-corrected chi connectivity index (χ4v) is 2.82. The fourth-order valence-electron chi connectivity index (χ4n) is 2.82. The fraction of sp³-hybridized carbons (Fsp3) is 0.261. The molecule has 2 aliphatic rings. The first-order chi connectivity index (χ1) is 14.5. The van der Waals surface area contributed by atoms with Crippen molar-refractivity contribution in [1.82, 2.24) is 0 Å². The third kappa shape index (κ3) is 5.22. The minimum Gasteiger partial charge on any atom is -0.575 e. The van der Waals surface area contributed by atoms with Gasteiger partial charge in [-0.05, 0) is 37.1 Å². The molecule has 0 saturated carbocycles. The second kappa shape index (κ2) is 8.14. The first kappa shape index (κ1) is 21.9. The smallest absolute Gasteiger partial charge is 0.348 e. The van der Waals surface area contributed by atoms with E-state index >= 15 is 0 Å². The van der Waals surface area contributed by atoms with Crippen LogP contribution in [0.5, 0.6) is 0 Å². The summed E-state index contributed by atoms with van der Waals surface area (Å²) >= 11 is 0. The van der Waals surface area contributed by atoms with E-state index in [0.29, 0.717) is 11.1 Å². The van der Waals surface area contributed by atoms with Crippen molar-refractivity contribution in [2.45, 2.75) is 39.3 Å². The van der Waals surface area contributed by atoms with E-state index in [1.807, 2.05) is 6.07 Å². The number of carbonyl (C=O) groups is 3. The van der Waals surface area contributed by atoms with Crippen molar-refractivity contribution in [1.29, 1.82) is 0 Å². The molecule has 1 aromatic carbocycles. The Balaban J connectivity index is 1.97. The molecule has 0 aliphatic carbocycles. The van der Waals surface area contributed by atoms with Gasteiger partial charge in [-0.2, -0.15) is 0 Å². The van der Waals surface area contributed by atoms with Crippen LogP contribution in [0.15, 0.2) is 71.7 Å². The molecule has 31 heavy (non-hydrogen) atoms. The third-order valence-corrected chi connectivity index (χ3v) is 4.20. The summed E-state index contributed by atoms with van der Waals surface area (Å²) in [5, 5.41) is 12.2. The molecule has 0 amide bonds. The quantitative estimate of drug-likeness (QED) is 0.313. The maximum absolute atomic E-state index is 12.2. The summed E-state index contributed by atoms with van der Waals surface area (Å²) in [6.45, 7) is 5.81. The first-order valence-electron chi connectivity index (χ1n) is 9.43. The Bertz CT molecular complexity index is 1020. The van der Waals surface area contributed by atoms with E-state index < -0.39 is 35.4 Å². The molecule has 0 spiro atoms. The van der Waals surface area contributed by atoms with E-state index in [9.17, 15) is 19.5 Å². The lowest BCUT2D eigenvalue weighted by atomic mass is 10.0. The lowest BCUT2D eigenvalue weighted by Crippen LogP contribution is -2.41. The molecule has 0 unspecified atom stereocenters. The number of carbonyl (C=O) groups excluding carboxylic acids is 3. The molecule has 0 N–H and O–H groups in total. The highest BCUT2D eigenvalue weighted by atomic mass is 16.8. The Morgan fingerprint density at radius 1 is 0.839 bits per heavy atom. The van der Waals surface area contributed by atoms with Gasteiger partial charge >= 0.3 is 17.9 Å². The number of ether oxygens (including phenoxy) is 4. The van der Waals surface area contributed by atoms with E-state index in [-0.39, 0.29) is 11.1 Å². The van der Waals surface area contributed by atoms with Crippen LogP contribution in [-0.4, -0.2) is 29.5 Å². The van der Waals surface area contributed by atoms with Crippen LogP contribution in [0.3, 0.4) is 0 Å². The van der Waals surface area contributed by atoms with Gasteiger partial charge < -0.3 is 24.1 Å². The van der Waals surface area contributed by atoms with E-state index in [1.54, 1.807) is 24.3 Å². The SMILES string of the molecule is CC1(C)OC(=O)C(=C/C=C(/C=C/C2=C([O-])OC(C)(C)OC2=O)c2ccccc2)C(=O)O1. The number of cyclic esters (lactones) is 3. The van der Waals surface area contributed by atoms with Gasteiger partial charge in [0.1, 0.15) is 5.57 Å². The molecule has 3 rings (SSSR count). The van der Waals surface area contributed by atoms with Crippen molar-refractivity contribution in [3.8, 4) is 0 Å². The van der Waals surface area contributed by atoms with Crippen LogP contribution >= 0.6 is 0 Å². The molecule has 0 bridgehead atoms. The summed E-state index contributed by atoms with van der Waals surface area (Å²) in [4.78, 5) is 36.5. The predicted octanol–water partition coefficient (Wildman–Crippen LogP) is 2.27. The molecule has 0 atom stereocenters. The monoisotopic (exact) mass is 425 g/mol.